The third-order valence-electron chi connectivity index (χ3n) is 1.05. The highest BCUT2D eigenvalue weighted by atomic mass is 16.3. The molecule has 0 radical (unpaired) electrons. The lowest BCUT2D eigenvalue weighted by Gasteiger charge is -1.92. The summed E-state index contributed by atoms with van der Waals surface area (Å²) in [6.45, 7) is 3.33. The van der Waals surface area contributed by atoms with Crippen LogP contribution in [-0.4, -0.2) is 11.4 Å². The average molecular weight is 140 g/mol. The summed E-state index contributed by atoms with van der Waals surface area (Å²) < 4.78 is 0. The van der Waals surface area contributed by atoms with Gasteiger partial charge in [-0.3, -0.25) is 4.79 Å². The van der Waals surface area contributed by atoms with Gasteiger partial charge in [0.1, 0.15) is 6.29 Å². The second kappa shape index (κ2) is 6.08. The maximum Gasteiger partial charge on any atom is 0.142 e. The lowest BCUT2D eigenvalue weighted by atomic mass is 10.2. The van der Waals surface area contributed by atoms with Gasteiger partial charge in [-0.25, -0.2) is 0 Å². The van der Waals surface area contributed by atoms with Crippen molar-refractivity contribution in [1.82, 2.24) is 0 Å². The van der Waals surface area contributed by atoms with Gasteiger partial charge in [0.05, 0.1) is 5.76 Å². The Hall–Kier alpha value is -1.05. The van der Waals surface area contributed by atoms with E-state index in [1.165, 1.54) is 6.08 Å². The molecule has 56 valence electrons. The molecule has 0 saturated carbocycles. The zero-order valence-electron chi connectivity index (χ0n) is 5.92. The SMILES string of the molecule is C=C(O)CCCC=CC=O. The number of aliphatic hydroxyl groups excluding tert-OH is 1. The summed E-state index contributed by atoms with van der Waals surface area (Å²) in [6.07, 6.45) is 6.25. The van der Waals surface area contributed by atoms with Crippen molar-refractivity contribution < 1.29 is 9.90 Å². The molecule has 2 nitrogen and oxygen atoms in total. The molecule has 0 aliphatic heterocycles. The summed E-state index contributed by atoms with van der Waals surface area (Å²) in [4.78, 5) is 9.75. The van der Waals surface area contributed by atoms with Gasteiger partial charge in [0.2, 0.25) is 0 Å². The predicted molar refractivity (Wildman–Crippen MR) is 40.8 cm³/mol. The standard InChI is InChI=1S/C8H12O2/c1-8(10)6-4-2-3-5-7-9/h3,5,7,10H,1-2,4,6H2. The van der Waals surface area contributed by atoms with E-state index in [0.717, 1.165) is 19.1 Å². The zero-order valence-corrected chi connectivity index (χ0v) is 5.92. The average Bonchev–Trinajstić information content (AvgIpc) is 1.87. The molecule has 0 aromatic carbocycles. The van der Waals surface area contributed by atoms with Crippen LogP contribution < -0.4 is 0 Å². The first-order valence-corrected chi connectivity index (χ1v) is 3.24. The van der Waals surface area contributed by atoms with Crippen LogP contribution >= 0.6 is 0 Å². The van der Waals surface area contributed by atoms with E-state index in [1.54, 1.807) is 6.08 Å². The Balaban J connectivity index is 3.12. The Morgan fingerprint density at radius 2 is 2.30 bits per heavy atom. The molecule has 0 aliphatic rings. The maximum absolute atomic E-state index is 9.75. The number of carbonyl (C=O) groups is 1. The highest BCUT2D eigenvalue weighted by molar-refractivity contribution is 5.64. The topological polar surface area (TPSA) is 37.3 Å². The third kappa shape index (κ3) is 6.95. The van der Waals surface area contributed by atoms with Crippen LogP contribution in [0.3, 0.4) is 0 Å². The van der Waals surface area contributed by atoms with Crippen LogP contribution in [0.4, 0.5) is 0 Å². The van der Waals surface area contributed by atoms with Gasteiger partial charge in [0.25, 0.3) is 0 Å². The minimum atomic E-state index is 0.208. The maximum atomic E-state index is 9.75. The molecule has 0 heterocycles. The van der Waals surface area contributed by atoms with Crippen molar-refractivity contribution in [2.24, 2.45) is 0 Å². The summed E-state index contributed by atoms with van der Waals surface area (Å²) >= 11 is 0. The summed E-state index contributed by atoms with van der Waals surface area (Å²) in [7, 11) is 0. The fourth-order valence-corrected chi connectivity index (χ4v) is 0.576. The lowest BCUT2D eigenvalue weighted by Crippen LogP contribution is -1.77. The number of allylic oxidation sites excluding steroid dienone is 3. The first-order valence-electron chi connectivity index (χ1n) is 3.24. The highest BCUT2D eigenvalue weighted by Crippen LogP contribution is 2.01. The van der Waals surface area contributed by atoms with Crippen LogP contribution in [0, 0.1) is 0 Å². The molecule has 0 aliphatic carbocycles. The number of unbranched alkanes of at least 4 members (excludes halogenated alkanes) is 1. The highest BCUT2D eigenvalue weighted by Gasteiger charge is 1.86. The van der Waals surface area contributed by atoms with Crippen molar-refractivity contribution in [3.63, 3.8) is 0 Å². The van der Waals surface area contributed by atoms with E-state index in [9.17, 15) is 4.79 Å². The molecule has 1 N–H and O–H groups in total. The molecular formula is C8H12O2. The zero-order chi connectivity index (χ0) is 7.82. The Morgan fingerprint density at radius 3 is 2.80 bits per heavy atom. The Kier molecular flexibility index (Phi) is 5.44. The number of hydrogen-bond donors (Lipinski definition) is 1. The fourth-order valence-electron chi connectivity index (χ4n) is 0.576. The van der Waals surface area contributed by atoms with Crippen LogP contribution in [-0.2, 0) is 4.79 Å². The summed E-state index contributed by atoms with van der Waals surface area (Å²) in [5.41, 5.74) is 0. The molecule has 2 heteroatoms. The van der Waals surface area contributed by atoms with E-state index in [-0.39, 0.29) is 5.76 Å². The van der Waals surface area contributed by atoms with Crippen molar-refractivity contribution in [3.05, 3.63) is 24.5 Å². The van der Waals surface area contributed by atoms with E-state index in [4.69, 9.17) is 5.11 Å². The molecule has 10 heavy (non-hydrogen) atoms. The number of rotatable bonds is 5. The van der Waals surface area contributed by atoms with E-state index in [0.29, 0.717) is 6.42 Å². The van der Waals surface area contributed by atoms with Crippen molar-refractivity contribution in [2.45, 2.75) is 19.3 Å². The number of hydrogen-bond acceptors (Lipinski definition) is 2. The quantitative estimate of drug-likeness (QED) is 0.274. The first-order chi connectivity index (χ1) is 4.77. The van der Waals surface area contributed by atoms with Crippen molar-refractivity contribution in [2.75, 3.05) is 0 Å². The molecule has 0 aromatic rings. The second-order valence-electron chi connectivity index (χ2n) is 2.02. The van der Waals surface area contributed by atoms with Crippen molar-refractivity contribution in [3.8, 4) is 0 Å². The number of carbonyl (C=O) groups excluding carboxylic acids is 1. The Bertz CT molecular complexity index is 136. The third-order valence-corrected chi connectivity index (χ3v) is 1.05. The molecule has 0 spiro atoms. The number of aldehydes is 1. The van der Waals surface area contributed by atoms with E-state index < -0.39 is 0 Å². The Morgan fingerprint density at radius 1 is 1.60 bits per heavy atom. The van der Waals surface area contributed by atoms with E-state index >= 15 is 0 Å². The van der Waals surface area contributed by atoms with Crippen molar-refractivity contribution >= 4 is 6.29 Å². The summed E-state index contributed by atoms with van der Waals surface area (Å²) in [5.74, 6) is 0.208. The van der Waals surface area contributed by atoms with Crippen LogP contribution in [0.25, 0.3) is 0 Å². The normalized spacial score (nSPS) is 10.0. The molecule has 0 atom stereocenters. The van der Waals surface area contributed by atoms with Gasteiger partial charge < -0.3 is 5.11 Å². The van der Waals surface area contributed by atoms with Gasteiger partial charge in [0.15, 0.2) is 0 Å². The van der Waals surface area contributed by atoms with Crippen molar-refractivity contribution in [1.29, 1.82) is 0 Å². The minimum Gasteiger partial charge on any atom is -0.513 e. The van der Waals surface area contributed by atoms with E-state index in [1.807, 2.05) is 0 Å². The largest absolute Gasteiger partial charge is 0.513 e. The van der Waals surface area contributed by atoms with Crippen LogP contribution in [0.15, 0.2) is 24.5 Å². The van der Waals surface area contributed by atoms with Gasteiger partial charge in [-0.2, -0.15) is 0 Å². The van der Waals surface area contributed by atoms with Crippen LogP contribution in [0.5, 0.6) is 0 Å². The van der Waals surface area contributed by atoms with Crippen LogP contribution in [0.1, 0.15) is 19.3 Å². The smallest absolute Gasteiger partial charge is 0.142 e. The second-order valence-corrected chi connectivity index (χ2v) is 2.02. The van der Waals surface area contributed by atoms with Gasteiger partial charge in [-0.15, -0.1) is 0 Å². The summed E-state index contributed by atoms with van der Waals surface area (Å²) in [6, 6.07) is 0. The molecule has 0 saturated heterocycles. The molecule has 0 rings (SSSR count). The fraction of sp³-hybridized carbons (Fsp3) is 0.375. The van der Waals surface area contributed by atoms with Gasteiger partial charge >= 0.3 is 0 Å². The van der Waals surface area contributed by atoms with Crippen LogP contribution in [0.2, 0.25) is 0 Å². The first kappa shape index (κ1) is 8.95. The molecule has 0 fully saturated rings. The monoisotopic (exact) mass is 140 g/mol. The van der Waals surface area contributed by atoms with Gasteiger partial charge in [-0.1, -0.05) is 12.7 Å². The Labute approximate surface area is 60.9 Å². The van der Waals surface area contributed by atoms with Gasteiger partial charge in [-0.05, 0) is 18.9 Å². The lowest BCUT2D eigenvalue weighted by molar-refractivity contribution is -0.104. The summed E-state index contributed by atoms with van der Waals surface area (Å²) in [5, 5.41) is 8.62. The molecular weight excluding hydrogens is 128 g/mol. The predicted octanol–water partition coefficient (Wildman–Crippen LogP) is 1.98. The minimum absolute atomic E-state index is 0.208. The number of aliphatic hydroxyl groups is 1. The van der Waals surface area contributed by atoms with E-state index in [2.05, 4.69) is 6.58 Å². The van der Waals surface area contributed by atoms with Gasteiger partial charge in [0, 0.05) is 6.42 Å². The molecule has 0 amide bonds. The molecule has 0 aromatic heterocycles. The molecule has 0 unspecified atom stereocenters. The molecule has 0 bridgehead atoms.